The SMILES string of the molecule is COC(=O)CNP(=O)(OCC(CC(C)n1ccc2c(=O)[nH]c(N)nc21)OC)Oc1ccccc1. The van der Waals surface area contributed by atoms with Gasteiger partial charge in [-0.3, -0.25) is 19.1 Å². The van der Waals surface area contributed by atoms with E-state index in [1.165, 1.54) is 14.2 Å². The number of H-pyrrole nitrogens is 1. The van der Waals surface area contributed by atoms with Gasteiger partial charge in [0.05, 0.1) is 25.2 Å². The number of fused-ring (bicyclic) bond motifs is 1. The van der Waals surface area contributed by atoms with E-state index in [4.69, 9.17) is 19.5 Å². The van der Waals surface area contributed by atoms with E-state index in [1.807, 2.05) is 11.5 Å². The van der Waals surface area contributed by atoms with Gasteiger partial charge in [0.25, 0.3) is 5.56 Å². The lowest BCUT2D eigenvalue weighted by Crippen LogP contribution is -2.28. The highest BCUT2D eigenvalue weighted by atomic mass is 31.2. The number of ether oxygens (including phenoxy) is 2. The predicted molar refractivity (Wildman–Crippen MR) is 126 cm³/mol. The van der Waals surface area contributed by atoms with Crippen LogP contribution in [0.5, 0.6) is 5.75 Å². The van der Waals surface area contributed by atoms with Crippen LogP contribution in [-0.2, 0) is 23.4 Å². The smallest absolute Gasteiger partial charge is 0.459 e. The van der Waals surface area contributed by atoms with Crippen LogP contribution >= 0.6 is 7.75 Å². The van der Waals surface area contributed by atoms with Crippen LogP contribution in [-0.4, -0.2) is 54.0 Å². The molecular weight excluding hydrogens is 465 g/mol. The Labute approximate surface area is 195 Å². The van der Waals surface area contributed by atoms with Gasteiger partial charge in [0.2, 0.25) is 5.95 Å². The number of hydrogen-bond donors (Lipinski definition) is 3. The van der Waals surface area contributed by atoms with Gasteiger partial charge < -0.3 is 24.3 Å². The molecule has 184 valence electrons. The van der Waals surface area contributed by atoms with Crippen LogP contribution in [0.2, 0.25) is 0 Å². The number of nitrogens with one attached hydrogen (secondary N) is 2. The standard InChI is InChI=1S/C21H28N5O7P/c1-14(26-10-9-17-19(26)24-21(22)25-20(17)28)11-16(30-2)13-32-34(29,23-12-18(27)31-3)33-15-7-5-4-6-8-15/h4-10,14,16H,11-13H2,1-3H3,(H,23,29)(H3,22,24,25,28). The Hall–Kier alpha value is -3.18. The molecule has 0 saturated carbocycles. The van der Waals surface area contributed by atoms with Crippen molar-refractivity contribution in [2.75, 3.05) is 33.1 Å². The first-order valence-corrected chi connectivity index (χ1v) is 12.0. The summed E-state index contributed by atoms with van der Waals surface area (Å²) in [5, 5.41) is 2.92. The number of para-hydroxylation sites is 1. The lowest BCUT2D eigenvalue weighted by Gasteiger charge is -2.24. The lowest BCUT2D eigenvalue weighted by molar-refractivity contribution is -0.139. The molecule has 0 saturated heterocycles. The van der Waals surface area contributed by atoms with E-state index in [2.05, 4.69) is 19.8 Å². The maximum atomic E-state index is 13.3. The van der Waals surface area contributed by atoms with Gasteiger partial charge in [0.15, 0.2) is 0 Å². The molecule has 0 bridgehead atoms. The zero-order valence-electron chi connectivity index (χ0n) is 19.1. The van der Waals surface area contributed by atoms with Gasteiger partial charge in [0, 0.05) is 19.3 Å². The fraction of sp³-hybridized carbons (Fsp3) is 0.381. The number of nitrogen functional groups attached to an aromatic ring is 1. The van der Waals surface area contributed by atoms with Crippen LogP contribution in [0.15, 0.2) is 47.4 Å². The molecule has 3 aromatic rings. The highest BCUT2D eigenvalue weighted by Crippen LogP contribution is 2.44. The molecule has 0 radical (unpaired) electrons. The summed E-state index contributed by atoms with van der Waals surface area (Å²) in [7, 11) is -1.22. The van der Waals surface area contributed by atoms with E-state index in [0.29, 0.717) is 23.2 Å². The summed E-state index contributed by atoms with van der Waals surface area (Å²) < 4.78 is 36.4. The number of rotatable bonds is 12. The average molecular weight is 493 g/mol. The molecule has 3 rings (SSSR count). The second-order valence-electron chi connectivity index (χ2n) is 7.46. The van der Waals surface area contributed by atoms with Crippen molar-refractivity contribution in [1.82, 2.24) is 19.6 Å². The molecule has 34 heavy (non-hydrogen) atoms. The number of carbonyl (C=O) groups excluding carboxylic acids is 1. The zero-order valence-corrected chi connectivity index (χ0v) is 20.0. The van der Waals surface area contributed by atoms with Gasteiger partial charge in [-0.25, -0.2) is 9.65 Å². The number of carbonyl (C=O) groups is 1. The third-order valence-corrected chi connectivity index (χ3v) is 6.54. The molecule has 2 aromatic heterocycles. The van der Waals surface area contributed by atoms with E-state index in [9.17, 15) is 14.2 Å². The third-order valence-electron chi connectivity index (χ3n) is 5.06. The van der Waals surface area contributed by atoms with Gasteiger partial charge in [-0.2, -0.15) is 4.98 Å². The van der Waals surface area contributed by atoms with E-state index in [0.717, 1.165) is 0 Å². The van der Waals surface area contributed by atoms with Crippen molar-refractivity contribution in [3.8, 4) is 5.75 Å². The average Bonchev–Trinajstić information content (AvgIpc) is 3.25. The molecule has 3 unspecified atom stereocenters. The Kier molecular flexibility index (Phi) is 8.46. The van der Waals surface area contributed by atoms with Crippen molar-refractivity contribution >= 4 is 30.7 Å². The monoisotopic (exact) mass is 493 g/mol. The van der Waals surface area contributed by atoms with Gasteiger partial charge in [-0.1, -0.05) is 18.2 Å². The quantitative estimate of drug-likeness (QED) is 0.252. The van der Waals surface area contributed by atoms with Crippen molar-refractivity contribution in [3.63, 3.8) is 0 Å². The van der Waals surface area contributed by atoms with Crippen LogP contribution in [0.25, 0.3) is 11.0 Å². The van der Waals surface area contributed by atoms with Gasteiger partial charge >= 0.3 is 13.7 Å². The number of hydrogen-bond acceptors (Lipinski definition) is 9. The minimum absolute atomic E-state index is 0.0203. The number of anilines is 1. The topological polar surface area (TPSA) is 160 Å². The van der Waals surface area contributed by atoms with Crippen molar-refractivity contribution in [1.29, 1.82) is 0 Å². The summed E-state index contributed by atoms with van der Waals surface area (Å²) in [6, 6.07) is 9.93. The number of nitrogens with zero attached hydrogens (tertiary/aromatic N) is 2. The fourth-order valence-electron chi connectivity index (χ4n) is 3.28. The van der Waals surface area contributed by atoms with Crippen LogP contribution in [0.3, 0.4) is 0 Å². The second kappa shape index (κ2) is 11.3. The maximum absolute atomic E-state index is 13.3. The molecule has 0 fully saturated rings. The number of nitrogens with two attached hydrogens (primary N) is 1. The summed E-state index contributed by atoms with van der Waals surface area (Å²) in [6.45, 7) is 1.44. The first kappa shape index (κ1) is 25.4. The summed E-state index contributed by atoms with van der Waals surface area (Å²) in [5.41, 5.74) is 5.81. The summed E-state index contributed by atoms with van der Waals surface area (Å²) >= 11 is 0. The molecular formula is C21H28N5O7P. The maximum Gasteiger partial charge on any atom is 0.459 e. The number of esters is 1. The Bertz CT molecular complexity index is 1210. The highest BCUT2D eigenvalue weighted by molar-refractivity contribution is 7.52. The van der Waals surface area contributed by atoms with Crippen molar-refractivity contribution in [2.24, 2.45) is 0 Å². The van der Waals surface area contributed by atoms with Crippen molar-refractivity contribution in [2.45, 2.75) is 25.5 Å². The minimum atomic E-state index is -3.94. The molecule has 0 aliphatic rings. The van der Waals surface area contributed by atoms with Crippen LogP contribution in [0.4, 0.5) is 5.95 Å². The fourth-order valence-corrected chi connectivity index (χ4v) is 4.57. The van der Waals surface area contributed by atoms with Gasteiger partial charge in [-0.05, 0) is 31.5 Å². The van der Waals surface area contributed by atoms with E-state index >= 15 is 0 Å². The minimum Gasteiger partial charge on any atom is -0.468 e. The summed E-state index contributed by atoms with van der Waals surface area (Å²) in [4.78, 5) is 30.3. The molecule has 2 heterocycles. The molecule has 12 nitrogen and oxygen atoms in total. The summed E-state index contributed by atoms with van der Waals surface area (Å²) in [5.74, 6) is -0.302. The van der Waals surface area contributed by atoms with Crippen LogP contribution < -0.4 is 20.9 Å². The van der Waals surface area contributed by atoms with Crippen LogP contribution in [0, 0.1) is 0 Å². The van der Waals surface area contributed by atoms with Crippen molar-refractivity contribution < 1.29 is 27.9 Å². The predicted octanol–water partition coefficient (Wildman–Crippen LogP) is 2.24. The third kappa shape index (κ3) is 6.45. The second-order valence-corrected chi connectivity index (χ2v) is 9.21. The van der Waals surface area contributed by atoms with Crippen LogP contribution in [0.1, 0.15) is 19.4 Å². The lowest BCUT2D eigenvalue weighted by atomic mass is 10.1. The van der Waals surface area contributed by atoms with E-state index < -0.39 is 19.8 Å². The number of benzene rings is 1. The molecule has 3 atom stereocenters. The molecule has 1 aromatic carbocycles. The molecule has 13 heteroatoms. The first-order chi connectivity index (χ1) is 16.2. The van der Waals surface area contributed by atoms with E-state index in [1.54, 1.807) is 42.6 Å². The first-order valence-electron chi connectivity index (χ1n) is 10.4. The molecule has 0 spiro atoms. The number of aromatic amines is 1. The van der Waals surface area contributed by atoms with Gasteiger partial charge in [-0.15, -0.1) is 0 Å². The van der Waals surface area contributed by atoms with E-state index in [-0.39, 0.29) is 30.7 Å². The Morgan fingerprint density at radius 3 is 2.68 bits per heavy atom. The molecule has 0 aliphatic carbocycles. The Morgan fingerprint density at radius 1 is 1.26 bits per heavy atom. The number of methoxy groups -OCH3 is 2. The Balaban J connectivity index is 1.71. The summed E-state index contributed by atoms with van der Waals surface area (Å²) in [6.07, 6.45) is 1.67. The molecule has 0 aliphatic heterocycles. The normalized spacial score (nSPS) is 14.9. The zero-order chi connectivity index (χ0) is 24.7. The molecule has 4 N–H and O–H groups in total. The number of aromatic nitrogens is 3. The Morgan fingerprint density at radius 2 is 2.00 bits per heavy atom. The van der Waals surface area contributed by atoms with Gasteiger partial charge in [0.1, 0.15) is 17.9 Å². The molecule has 0 amide bonds. The largest absolute Gasteiger partial charge is 0.468 e. The van der Waals surface area contributed by atoms with Crippen molar-refractivity contribution in [3.05, 3.63) is 52.9 Å². The highest BCUT2D eigenvalue weighted by Gasteiger charge is 2.30.